The van der Waals surface area contributed by atoms with Gasteiger partial charge in [-0.1, -0.05) is 13.8 Å². The summed E-state index contributed by atoms with van der Waals surface area (Å²) in [5.41, 5.74) is 2.07. The summed E-state index contributed by atoms with van der Waals surface area (Å²) >= 11 is 0. The fourth-order valence-electron chi connectivity index (χ4n) is 2.44. The third kappa shape index (κ3) is 3.19. The number of pyridine rings is 1. The van der Waals surface area contributed by atoms with Gasteiger partial charge in [-0.15, -0.1) is 0 Å². The minimum absolute atomic E-state index is 0.313. The zero-order valence-electron chi connectivity index (χ0n) is 12.6. The van der Waals surface area contributed by atoms with Crippen LogP contribution >= 0.6 is 0 Å². The smallest absolute Gasteiger partial charge is 0.133 e. The Morgan fingerprint density at radius 1 is 1.10 bits per heavy atom. The molecule has 0 bridgehead atoms. The summed E-state index contributed by atoms with van der Waals surface area (Å²) in [6, 6.07) is 6.08. The summed E-state index contributed by atoms with van der Waals surface area (Å²) in [4.78, 5) is 15.9. The highest BCUT2D eigenvalue weighted by atomic mass is 15.2. The van der Waals surface area contributed by atoms with Crippen LogP contribution in [0, 0.1) is 0 Å². The Hall–Kier alpha value is -2.01. The maximum atomic E-state index is 4.75. The Kier molecular flexibility index (Phi) is 4.10. The first-order valence-corrected chi connectivity index (χ1v) is 7.49. The molecule has 0 atom stereocenters. The van der Waals surface area contributed by atoms with Crippen molar-refractivity contribution in [3.8, 4) is 11.3 Å². The lowest BCUT2D eigenvalue weighted by atomic mass is 10.1. The van der Waals surface area contributed by atoms with Crippen LogP contribution < -0.4 is 10.2 Å². The van der Waals surface area contributed by atoms with Crippen molar-refractivity contribution in [1.82, 2.24) is 20.3 Å². The number of aromatic nitrogens is 3. The Bertz CT molecular complexity index is 591. The van der Waals surface area contributed by atoms with Gasteiger partial charge in [0.1, 0.15) is 11.6 Å². The summed E-state index contributed by atoms with van der Waals surface area (Å²) in [5.74, 6) is 2.24. The molecule has 5 nitrogen and oxygen atoms in total. The number of rotatable bonds is 3. The zero-order valence-corrected chi connectivity index (χ0v) is 12.6. The minimum atomic E-state index is 0.313. The van der Waals surface area contributed by atoms with Gasteiger partial charge in [-0.2, -0.15) is 0 Å². The monoisotopic (exact) mass is 283 g/mol. The van der Waals surface area contributed by atoms with Gasteiger partial charge in [-0.3, -0.25) is 4.98 Å². The first-order valence-electron chi connectivity index (χ1n) is 7.49. The van der Waals surface area contributed by atoms with E-state index in [1.165, 1.54) is 0 Å². The topological polar surface area (TPSA) is 53.9 Å². The molecule has 0 saturated carbocycles. The van der Waals surface area contributed by atoms with E-state index >= 15 is 0 Å². The Morgan fingerprint density at radius 3 is 2.48 bits per heavy atom. The van der Waals surface area contributed by atoms with Crippen LogP contribution in [-0.2, 0) is 0 Å². The van der Waals surface area contributed by atoms with Crippen LogP contribution in [0.1, 0.15) is 25.6 Å². The third-order valence-corrected chi connectivity index (χ3v) is 3.66. The molecule has 3 heterocycles. The van der Waals surface area contributed by atoms with E-state index in [4.69, 9.17) is 9.97 Å². The van der Waals surface area contributed by atoms with Crippen LogP contribution in [0.15, 0.2) is 30.6 Å². The number of piperazine rings is 1. The molecule has 0 unspecified atom stereocenters. The van der Waals surface area contributed by atoms with Gasteiger partial charge in [-0.05, 0) is 12.1 Å². The van der Waals surface area contributed by atoms with Gasteiger partial charge in [0.25, 0.3) is 0 Å². The molecule has 21 heavy (non-hydrogen) atoms. The Morgan fingerprint density at radius 2 is 1.81 bits per heavy atom. The molecule has 1 saturated heterocycles. The molecule has 1 aliphatic rings. The Labute approximate surface area is 125 Å². The molecule has 110 valence electrons. The summed E-state index contributed by atoms with van der Waals surface area (Å²) in [6.07, 6.45) is 3.61. The quantitative estimate of drug-likeness (QED) is 0.934. The molecule has 2 aromatic rings. The molecular formula is C16H21N5. The molecular weight excluding hydrogens is 262 g/mol. The first kappa shape index (κ1) is 13.9. The SMILES string of the molecule is CC(C)c1nc(-c2ccncc2)cc(N2CCNCC2)n1. The molecule has 0 spiro atoms. The second-order valence-corrected chi connectivity index (χ2v) is 5.60. The van der Waals surface area contributed by atoms with Crippen molar-refractivity contribution in [2.24, 2.45) is 0 Å². The van der Waals surface area contributed by atoms with E-state index in [1.54, 1.807) is 12.4 Å². The van der Waals surface area contributed by atoms with Crippen molar-refractivity contribution in [2.75, 3.05) is 31.1 Å². The molecule has 1 N–H and O–H groups in total. The summed E-state index contributed by atoms with van der Waals surface area (Å²) < 4.78 is 0. The molecule has 1 aliphatic heterocycles. The number of nitrogens with one attached hydrogen (secondary N) is 1. The van der Waals surface area contributed by atoms with Crippen LogP contribution in [0.2, 0.25) is 0 Å². The minimum Gasteiger partial charge on any atom is -0.354 e. The fourth-order valence-corrected chi connectivity index (χ4v) is 2.44. The largest absolute Gasteiger partial charge is 0.354 e. The van der Waals surface area contributed by atoms with Gasteiger partial charge in [-0.25, -0.2) is 9.97 Å². The highest BCUT2D eigenvalue weighted by Crippen LogP contribution is 2.24. The lowest BCUT2D eigenvalue weighted by Crippen LogP contribution is -2.44. The normalized spacial score (nSPS) is 15.5. The molecule has 2 aromatic heterocycles. The maximum absolute atomic E-state index is 4.75. The fraction of sp³-hybridized carbons (Fsp3) is 0.438. The maximum Gasteiger partial charge on any atom is 0.133 e. The van der Waals surface area contributed by atoms with Crippen LogP contribution in [0.3, 0.4) is 0 Å². The predicted molar refractivity (Wildman–Crippen MR) is 84.4 cm³/mol. The molecule has 3 rings (SSSR count). The number of anilines is 1. The van der Waals surface area contributed by atoms with Crippen molar-refractivity contribution in [3.05, 3.63) is 36.4 Å². The van der Waals surface area contributed by atoms with Crippen LogP contribution in [0.25, 0.3) is 11.3 Å². The van der Waals surface area contributed by atoms with Crippen LogP contribution in [-0.4, -0.2) is 41.1 Å². The summed E-state index contributed by atoms with van der Waals surface area (Å²) in [6.45, 7) is 8.26. The lowest BCUT2D eigenvalue weighted by molar-refractivity contribution is 0.582. The van der Waals surface area contributed by atoms with Crippen LogP contribution in [0.4, 0.5) is 5.82 Å². The van der Waals surface area contributed by atoms with Crippen molar-refractivity contribution in [2.45, 2.75) is 19.8 Å². The number of hydrogen-bond donors (Lipinski definition) is 1. The number of nitrogens with zero attached hydrogens (tertiary/aromatic N) is 4. The van der Waals surface area contributed by atoms with Crippen LogP contribution in [0.5, 0.6) is 0 Å². The second-order valence-electron chi connectivity index (χ2n) is 5.60. The van der Waals surface area contributed by atoms with E-state index < -0.39 is 0 Å². The zero-order chi connectivity index (χ0) is 14.7. The lowest BCUT2D eigenvalue weighted by Gasteiger charge is -2.29. The average Bonchev–Trinajstić information content (AvgIpc) is 2.56. The molecule has 0 amide bonds. The average molecular weight is 283 g/mol. The van der Waals surface area contributed by atoms with Crippen molar-refractivity contribution in [3.63, 3.8) is 0 Å². The molecule has 5 heteroatoms. The van der Waals surface area contributed by atoms with Gasteiger partial charge in [0.05, 0.1) is 5.69 Å². The van der Waals surface area contributed by atoms with E-state index in [0.717, 1.165) is 49.1 Å². The first-order chi connectivity index (χ1) is 10.2. The summed E-state index contributed by atoms with van der Waals surface area (Å²) in [7, 11) is 0. The summed E-state index contributed by atoms with van der Waals surface area (Å²) in [5, 5.41) is 3.37. The number of hydrogen-bond acceptors (Lipinski definition) is 5. The third-order valence-electron chi connectivity index (χ3n) is 3.66. The van der Waals surface area contributed by atoms with Gasteiger partial charge < -0.3 is 10.2 Å². The standard InChI is InChI=1S/C16H21N5/c1-12(2)16-19-14(13-3-5-17-6-4-13)11-15(20-16)21-9-7-18-8-10-21/h3-6,11-12,18H,7-10H2,1-2H3. The predicted octanol–water partition coefficient (Wildman–Crippen LogP) is 2.07. The van der Waals surface area contributed by atoms with Gasteiger partial charge in [0.15, 0.2) is 0 Å². The highest BCUT2D eigenvalue weighted by molar-refractivity contribution is 5.62. The highest BCUT2D eigenvalue weighted by Gasteiger charge is 2.16. The van der Waals surface area contributed by atoms with E-state index in [-0.39, 0.29) is 0 Å². The van der Waals surface area contributed by atoms with Gasteiger partial charge in [0.2, 0.25) is 0 Å². The molecule has 0 aliphatic carbocycles. The van der Waals surface area contributed by atoms with E-state index in [2.05, 4.69) is 35.1 Å². The molecule has 1 fully saturated rings. The van der Waals surface area contributed by atoms with E-state index in [9.17, 15) is 0 Å². The molecule has 0 radical (unpaired) electrons. The Balaban J connectivity index is 2.01. The van der Waals surface area contributed by atoms with Gasteiger partial charge >= 0.3 is 0 Å². The van der Waals surface area contributed by atoms with E-state index in [1.807, 2.05) is 12.1 Å². The van der Waals surface area contributed by atoms with Crippen molar-refractivity contribution in [1.29, 1.82) is 0 Å². The van der Waals surface area contributed by atoms with Crippen molar-refractivity contribution < 1.29 is 0 Å². The van der Waals surface area contributed by atoms with Crippen molar-refractivity contribution >= 4 is 5.82 Å². The van der Waals surface area contributed by atoms with Gasteiger partial charge in [0, 0.05) is 56.1 Å². The molecule has 0 aromatic carbocycles. The van der Waals surface area contributed by atoms with E-state index in [0.29, 0.717) is 5.92 Å². The second kappa shape index (κ2) is 6.18.